The Kier molecular flexibility index (Phi) is 18.2. The molecule has 0 bridgehead atoms. The Morgan fingerprint density at radius 2 is 1.62 bits per heavy atom. The van der Waals surface area contributed by atoms with Crippen LogP contribution in [0, 0.1) is 23.7 Å². The molecule has 4 amide bonds. The number of rotatable bonds is 21. The lowest BCUT2D eigenvalue weighted by Gasteiger charge is -2.41. The zero-order valence-corrected chi connectivity index (χ0v) is 36.1. The average Bonchev–Trinajstić information content (AvgIpc) is 3.87. The van der Waals surface area contributed by atoms with E-state index in [1.54, 1.807) is 32.4 Å². The van der Waals surface area contributed by atoms with E-state index in [4.69, 9.17) is 9.47 Å². The highest BCUT2D eigenvalue weighted by molar-refractivity contribution is 7.09. The molecule has 1 fully saturated rings. The lowest BCUT2D eigenvalue weighted by molar-refractivity contribution is -0.148. The summed E-state index contributed by atoms with van der Waals surface area (Å²) in [5, 5.41) is 9.02. The van der Waals surface area contributed by atoms with Crippen LogP contribution in [0.15, 0.2) is 41.9 Å². The molecule has 12 nitrogen and oxygen atoms in total. The van der Waals surface area contributed by atoms with Crippen LogP contribution in [0.5, 0.6) is 0 Å². The predicted octanol–water partition coefficient (Wildman–Crippen LogP) is 5.19. The topological polar surface area (TPSA) is 133 Å². The molecule has 2 N–H and O–H groups in total. The van der Waals surface area contributed by atoms with Crippen molar-refractivity contribution in [2.75, 3.05) is 41.9 Å². The van der Waals surface area contributed by atoms with Crippen molar-refractivity contribution >= 4 is 35.0 Å². The summed E-state index contributed by atoms with van der Waals surface area (Å²) in [5.74, 6) is -1.35. The van der Waals surface area contributed by atoms with Crippen molar-refractivity contribution < 1.29 is 28.7 Å². The first-order chi connectivity index (χ1) is 26.1. The Morgan fingerprint density at radius 3 is 2.15 bits per heavy atom. The second-order valence-corrected chi connectivity index (χ2v) is 17.0. The van der Waals surface area contributed by atoms with Gasteiger partial charge in [-0.2, -0.15) is 0 Å². The molecule has 55 heavy (non-hydrogen) atoms. The van der Waals surface area contributed by atoms with E-state index in [0.717, 1.165) is 23.4 Å². The van der Waals surface area contributed by atoms with E-state index in [2.05, 4.69) is 29.5 Å². The Labute approximate surface area is 334 Å². The number of likely N-dealkylation sites (tertiary alicyclic amines) is 1. The number of methoxy groups -OCH3 is 2. The molecule has 0 radical (unpaired) electrons. The summed E-state index contributed by atoms with van der Waals surface area (Å²) >= 11 is 1.51. The van der Waals surface area contributed by atoms with Gasteiger partial charge in [0.25, 0.3) is 0 Å². The largest absolute Gasteiger partial charge is 0.379 e. The van der Waals surface area contributed by atoms with Crippen LogP contribution in [0.1, 0.15) is 90.8 Å². The van der Waals surface area contributed by atoms with Crippen LogP contribution in [0.2, 0.25) is 0 Å². The van der Waals surface area contributed by atoms with Gasteiger partial charge in [0, 0.05) is 39.4 Å². The molecule has 1 aromatic carbocycles. The molecule has 0 spiro atoms. The molecular weight excluding hydrogens is 717 g/mol. The molecule has 1 aliphatic rings. The Bertz CT molecular complexity index is 1480. The molecule has 9 atom stereocenters. The number of thiazole rings is 1. The number of amides is 4. The molecule has 1 aromatic heterocycles. The van der Waals surface area contributed by atoms with Crippen molar-refractivity contribution in [3.05, 3.63) is 52.5 Å². The number of benzene rings is 1. The SMILES string of the molecule is CCC(C)[C@@H]([C@H](CC(=O)N1CCC[C@H]1[C@H](OC)[C@H](C)C(=O)N[C@@H](Cc1ccccc1)c1nccs1)OC)N(C)C(=O)[C@@H](NC(=O)[C@H](C(C)C)N(C)C)C(C)C. The number of hydrogen-bond acceptors (Lipinski definition) is 9. The quantitative estimate of drug-likeness (QED) is 0.177. The summed E-state index contributed by atoms with van der Waals surface area (Å²) in [6.45, 7) is 14.3. The maximum Gasteiger partial charge on any atom is 0.245 e. The van der Waals surface area contributed by atoms with Gasteiger partial charge in [0.15, 0.2) is 0 Å². The van der Waals surface area contributed by atoms with Gasteiger partial charge in [0.1, 0.15) is 11.0 Å². The molecular formula is C42H68N6O6S. The fraction of sp³-hybridized carbons (Fsp3) is 0.690. The van der Waals surface area contributed by atoms with Crippen LogP contribution < -0.4 is 10.6 Å². The average molecular weight is 785 g/mol. The fourth-order valence-electron chi connectivity index (χ4n) is 8.17. The van der Waals surface area contributed by atoms with Gasteiger partial charge in [0.05, 0.1) is 48.7 Å². The van der Waals surface area contributed by atoms with E-state index in [0.29, 0.717) is 19.4 Å². The standard InChI is InChI=1S/C42H68N6O6S/c1-13-28(6)37(47(10)42(52)35(26(2)3)45-40(51)36(27(4)5)46(8)9)33(53-11)25-34(49)48-22-17-20-32(48)38(54-12)29(7)39(50)44-31(41-43-21-23-55-41)24-30-18-15-14-16-19-30/h14-16,18-19,21,23,26-29,31-33,35-38H,13,17,20,22,24-25H2,1-12H3,(H,44,50)(H,45,51)/t28?,29-,31-,32-,33-,35-,36-,37-,38+/m0/s1. The van der Waals surface area contributed by atoms with Crippen LogP contribution >= 0.6 is 11.3 Å². The number of carbonyl (C=O) groups is 4. The van der Waals surface area contributed by atoms with Gasteiger partial charge in [-0.1, -0.05) is 85.2 Å². The first kappa shape index (κ1) is 46.0. The van der Waals surface area contributed by atoms with Gasteiger partial charge in [-0.05, 0) is 56.7 Å². The Balaban J connectivity index is 1.79. The number of hydrogen-bond donors (Lipinski definition) is 2. The molecule has 1 aliphatic heterocycles. The van der Waals surface area contributed by atoms with Crippen molar-refractivity contribution in [3.8, 4) is 0 Å². The minimum atomic E-state index is -0.751. The first-order valence-electron chi connectivity index (χ1n) is 19.9. The van der Waals surface area contributed by atoms with Crippen molar-refractivity contribution in [3.63, 3.8) is 0 Å². The van der Waals surface area contributed by atoms with E-state index in [-0.39, 0.29) is 65.9 Å². The number of aromatic nitrogens is 1. The van der Waals surface area contributed by atoms with Crippen LogP contribution in [0.4, 0.5) is 0 Å². The second kappa shape index (κ2) is 21.8. The maximum absolute atomic E-state index is 14.3. The summed E-state index contributed by atoms with van der Waals surface area (Å²) in [4.78, 5) is 65.8. The van der Waals surface area contributed by atoms with Crippen LogP contribution in [-0.2, 0) is 35.1 Å². The monoisotopic (exact) mass is 784 g/mol. The smallest absolute Gasteiger partial charge is 0.245 e. The summed E-state index contributed by atoms with van der Waals surface area (Å²) in [6.07, 6.45) is 3.49. The fourth-order valence-corrected chi connectivity index (χ4v) is 8.86. The maximum atomic E-state index is 14.3. The number of nitrogens with zero attached hydrogens (tertiary/aromatic N) is 4. The predicted molar refractivity (Wildman–Crippen MR) is 218 cm³/mol. The van der Waals surface area contributed by atoms with Gasteiger partial charge >= 0.3 is 0 Å². The number of likely N-dealkylation sites (N-methyl/N-ethyl adjacent to an activating group) is 2. The second-order valence-electron chi connectivity index (χ2n) is 16.1. The molecule has 0 aliphatic carbocycles. The minimum Gasteiger partial charge on any atom is -0.379 e. The first-order valence-corrected chi connectivity index (χ1v) is 20.8. The van der Waals surface area contributed by atoms with Gasteiger partial charge in [-0.3, -0.25) is 24.1 Å². The van der Waals surface area contributed by atoms with Crippen LogP contribution in [-0.4, -0.2) is 122 Å². The number of carbonyl (C=O) groups excluding carboxylic acids is 4. The third kappa shape index (κ3) is 12.1. The highest BCUT2D eigenvalue weighted by atomic mass is 32.1. The van der Waals surface area contributed by atoms with Gasteiger partial charge in [0.2, 0.25) is 23.6 Å². The minimum absolute atomic E-state index is 0.00751. The van der Waals surface area contributed by atoms with Crippen LogP contribution in [0.3, 0.4) is 0 Å². The summed E-state index contributed by atoms with van der Waals surface area (Å²) < 4.78 is 12.1. The van der Waals surface area contributed by atoms with E-state index in [1.165, 1.54) is 11.3 Å². The van der Waals surface area contributed by atoms with E-state index in [1.807, 2.05) is 94.2 Å². The van der Waals surface area contributed by atoms with E-state index >= 15 is 0 Å². The highest BCUT2D eigenvalue weighted by Crippen LogP contribution is 2.30. The molecule has 2 heterocycles. The number of ether oxygens (including phenoxy) is 2. The summed E-state index contributed by atoms with van der Waals surface area (Å²) in [6, 6.07) is 7.83. The Morgan fingerprint density at radius 1 is 0.945 bits per heavy atom. The van der Waals surface area contributed by atoms with Crippen molar-refractivity contribution in [1.82, 2.24) is 30.3 Å². The molecule has 2 aromatic rings. The van der Waals surface area contributed by atoms with Gasteiger partial charge < -0.3 is 29.9 Å². The zero-order chi connectivity index (χ0) is 41.0. The molecule has 0 saturated carbocycles. The van der Waals surface area contributed by atoms with Crippen molar-refractivity contribution in [1.29, 1.82) is 0 Å². The van der Waals surface area contributed by atoms with Crippen molar-refractivity contribution in [2.45, 2.75) is 123 Å². The molecule has 13 heteroatoms. The van der Waals surface area contributed by atoms with E-state index < -0.39 is 30.2 Å². The molecule has 1 saturated heterocycles. The normalized spacial score (nSPS) is 19.0. The molecule has 3 rings (SSSR count). The lowest BCUT2D eigenvalue weighted by atomic mass is 9.89. The van der Waals surface area contributed by atoms with Crippen molar-refractivity contribution in [2.24, 2.45) is 23.7 Å². The highest BCUT2D eigenvalue weighted by Gasteiger charge is 2.43. The van der Waals surface area contributed by atoms with Gasteiger partial charge in [-0.15, -0.1) is 11.3 Å². The third-order valence-electron chi connectivity index (χ3n) is 11.3. The zero-order valence-electron chi connectivity index (χ0n) is 35.3. The third-order valence-corrected chi connectivity index (χ3v) is 12.2. The molecule has 1 unspecified atom stereocenters. The Hall–Kier alpha value is -3.39. The van der Waals surface area contributed by atoms with E-state index in [9.17, 15) is 19.2 Å². The summed E-state index contributed by atoms with van der Waals surface area (Å²) in [7, 11) is 8.66. The van der Waals surface area contributed by atoms with Crippen LogP contribution in [0.25, 0.3) is 0 Å². The lowest BCUT2D eigenvalue weighted by Crippen LogP contribution is -2.59. The summed E-state index contributed by atoms with van der Waals surface area (Å²) in [5.41, 5.74) is 1.09. The number of nitrogens with one attached hydrogen (secondary N) is 2. The van der Waals surface area contributed by atoms with Gasteiger partial charge in [-0.25, -0.2) is 4.98 Å². The molecule has 308 valence electrons.